The second-order valence-corrected chi connectivity index (χ2v) is 17.2. The van der Waals surface area contributed by atoms with E-state index in [9.17, 15) is 0 Å². The molecule has 0 saturated heterocycles. The third kappa shape index (κ3) is 6.58. The minimum absolute atomic E-state index is 1.10. The van der Waals surface area contributed by atoms with Crippen LogP contribution in [0.5, 0.6) is 0 Å². The monoisotopic (exact) mass is 820 g/mol. The lowest BCUT2D eigenvalue weighted by atomic mass is 10.0. The standard InChI is InChI=1S/C60H40N2S/c1-3-12-41(13-4-1)43-22-31-48(32-23-43)61(49-33-24-44(25-34-49)42-14-5-2-6-15-42)50-35-26-45(27-36-50)47-30-39-58-56(40-47)53-16-7-9-20-57(53)62(58)51-37-28-46(29-38-51)52-18-11-19-55-54-17-8-10-21-59(54)63-60(52)55/h1-40H. The van der Waals surface area contributed by atoms with E-state index in [4.69, 9.17) is 0 Å². The molecule has 63 heavy (non-hydrogen) atoms. The highest BCUT2D eigenvalue weighted by atomic mass is 32.1. The number of benzene rings is 10. The number of aromatic nitrogens is 1. The molecule has 10 aromatic carbocycles. The summed E-state index contributed by atoms with van der Waals surface area (Å²) < 4.78 is 5.08. The van der Waals surface area contributed by atoms with Crippen LogP contribution in [0.15, 0.2) is 243 Å². The maximum atomic E-state index is 2.41. The van der Waals surface area contributed by atoms with Crippen molar-refractivity contribution in [2.45, 2.75) is 0 Å². The molecule has 0 aliphatic rings. The molecule has 0 amide bonds. The normalized spacial score (nSPS) is 11.5. The molecule has 0 radical (unpaired) electrons. The van der Waals surface area contributed by atoms with Gasteiger partial charge in [-0.05, 0) is 117 Å². The number of hydrogen-bond acceptors (Lipinski definition) is 2. The number of anilines is 3. The lowest BCUT2D eigenvalue weighted by molar-refractivity contribution is 1.18. The minimum Gasteiger partial charge on any atom is -0.311 e. The molecule has 0 bridgehead atoms. The lowest BCUT2D eigenvalue weighted by Gasteiger charge is -2.26. The van der Waals surface area contributed by atoms with Crippen LogP contribution in [-0.2, 0) is 0 Å². The highest BCUT2D eigenvalue weighted by Crippen LogP contribution is 2.42. The maximum absolute atomic E-state index is 2.41. The van der Waals surface area contributed by atoms with Crippen molar-refractivity contribution in [3.05, 3.63) is 243 Å². The third-order valence-corrected chi connectivity index (χ3v) is 13.7. The molecule has 0 N–H and O–H groups in total. The van der Waals surface area contributed by atoms with Gasteiger partial charge < -0.3 is 9.47 Å². The molecule has 0 unspecified atom stereocenters. The first-order valence-corrected chi connectivity index (χ1v) is 22.3. The molecule has 2 aromatic heterocycles. The van der Waals surface area contributed by atoms with Crippen molar-refractivity contribution >= 4 is 70.4 Å². The van der Waals surface area contributed by atoms with Crippen LogP contribution in [-0.4, -0.2) is 4.57 Å². The van der Waals surface area contributed by atoms with Crippen molar-refractivity contribution in [2.75, 3.05) is 4.90 Å². The van der Waals surface area contributed by atoms with Gasteiger partial charge in [-0.25, -0.2) is 0 Å². The Balaban J connectivity index is 0.891. The van der Waals surface area contributed by atoms with Gasteiger partial charge in [0.25, 0.3) is 0 Å². The number of rotatable bonds is 8. The van der Waals surface area contributed by atoms with E-state index in [0.717, 1.165) is 22.7 Å². The molecule has 3 heteroatoms. The summed E-state index contributed by atoms with van der Waals surface area (Å²) in [4.78, 5) is 2.35. The third-order valence-electron chi connectivity index (χ3n) is 12.4. The molecular weight excluding hydrogens is 781 g/mol. The Bertz CT molecular complexity index is 3480. The van der Waals surface area contributed by atoms with E-state index in [1.54, 1.807) is 0 Å². The number of nitrogens with zero attached hydrogens (tertiary/aromatic N) is 2. The molecule has 2 heterocycles. The molecule has 2 nitrogen and oxygen atoms in total. The van der Waals surface area contributed by atoms with Crippen LogP contribution in [0.1, 0.15) is 0 Å². The van der Waals surface area contributed by atoms with Gasteiger partial charge in [0, 0.05) is 53.7 Å². The van der Waals surface area contributed by atoms with Gasteiger partial charge in [-0.2, -0.15) is 0 Å². The molecule has 0 aliphatic carbocycles. The predicted molar refractivity (Wildman–Crippen MR) is 270 cm³/mol. The van der Waals surface area contributed by atoms with Crippen LogP contribution in [0.3, 0.4) is 0 Å². The van der Waals surface area contributed by atoms with Crippen LogP contribution < -0.4 is 4.90 Å². The van der Waals surface area contributed by atoms with Gasteiger partial charge in [0.1, 0.15) is 0 Å². The van der Waals surface area contributed by atoms with E-state index in [-0.39, 0.29) is 0 Å². The summed E-state index contributed by atoms with van der Waals surface area (Å²) in [5, 5.41) is 5.14. The Morgan fingerprint density at radius 2 is 0.762 bits per heavy atom. The van der Waals surface area contributed by atoms with Gasteiger partial charge in [0.15, 0.2) is 0 Å². The average Bonchev–Trinajstić information content (AvgIpc) is 3.91. The topological polar surface area (TPSA) is 8.17 Å². The zero-order valence-corrected chi connectivity index (χ0v) is 35.2. The second-order valence-electron chi connectivity index (χ2n) is 16.1. The van der Waals surface area contributed by atoms with Crippen molar-refractivity contribution < 1.29 is 0 Å². The predicted octanol–water partition coefficient (Wildman–Crippen LogP) is 17.3. The van der Waals surface area contributed by atoms with Gasteiger partial charge in [0.2, 0.25) is 0 Å². The first kappa shape index (κ1) is 36.8. The Morgan fingerprint density at radius 1 is 0.302 bits per heavy atom. The SMILES string of the molecule is c1ccc(-c2ccc(N(c3ccc(-c4ccccc4)cc3)c3ccc(-c4ccc5c(c4)c4ccccc4n5-c4ccc(-c5cccc6c5sc5ccccc56)cc4)cc3)cc2)cc1. The van der Waals surface area contributed by atoms with E-state index < -0.39 is 0 Å². The smallest absolute Gasteiger partial charge is 0.0541 e. The molecule has 0 spiro atoms. The Hall–Kier alpha value is -7.98. The summed E-state index contributed by atoms with van der Waals surface area (Å²) in [5.74, 6) is 0. The fourth-order valence-electron chi connectivity index (χ4n) is 9.31. The summed E-state index contributed by atoms with van der Waals surface area (Å²) in [6.07, 6.45) is 0. The highest BCUT2D eigenvalue weighted by Gasteiger charge is 2.17. The van der Waals surface area contributed by atoms with Crippen LogP contribution in [0.2, 0.25) is 0 Å². The average molecular weight is 821 g/mol. The first-order chi connectivity index (χ1) is 31.2. The summed E-state index contributed by atoms with van der Waals surface area (Å²) >= 11 is 1.88. The Kier molecular flexibility index (Phi) is 9.06. The van der Waals surface area contributed by atoms with Crippen LogP contribution in [0, 0.1) is 0 Å². The molecule has 0 aliphatic heterocycles. The van der Waals surface area contributed by atoms with Crippen molar-refractivity contribution in [3.63, 3.8) is 0 Å². The quantitative estimate of drug-likeness (QED) is 0.148. The van der Waals surface area contributed by atoms with Gasteiger partial charge in [-0.3, -0.25) is 0 Å². The Morgan fingerprint density at radius 3 is 1.38 bits per heavy atom. The van der Waals surface area contributed by atoms with Crippen molar-refractivity contribution in [2.24, 2.45) is 0 Å². The molecule has 12 aromatic rings. The van der Waals surface area contributed by atoms with E-state index in [1.807, 2.05) is 11.3 Å². The lowest BCUT2D eigenvalue weighted by Crippen LogP contribution is -2.09. The summed E-state index contributed by atoms with van der Waals surface area (Å²) in [6.45, 7) is 0. The molecule has 0 fully saturated rings. The largest absolute Gasteiger partial charge is 0.311 e. The number of hydrogen-bond donors (Lipinski definition) is 0. The summed E-state index contributed by atoms with van der Waals surface area (Å²) in [5.41, 5.74) is 16.6. The molecule has 296 valence electrons. The number of fused-ring (bicyclic) bond motifs is 6. The number of thiophene rings is 1. The Labute approximate surface area is 370 Å². The van der Waals surface area contributed by atoms with Crippen LogP contribution in [0.25, 0.3) is 92.2 Å². The van der Waals surface area contributed by atoms with Crippen molar-refractivity contribution in [1.82, 2.24) is 4.57 Å². The summed E-state index contributed by atoms with van der Waals surface area (Å²) in [7, 11) is 0. The van der Waals surface area contributed by atoms with Gasteiger partial charge in [-0.1, -0.05) is 170 Å². The van der Waals surface area contributed by atoms with Crippen LogP contribution >= 0.6 is 11.3 Å². The van der Waals surface area contributed by atoms with Crippen LogP contribution in [0.4, 0.5) is 17.1 Å². The van der Waals surface area contributed by atoms with E-state index in [1.165, 1.54) is 86.5 Å². The minimum atomic E-state index is 1.10. The molecular formula is C60H40N2S. The summed E-state index contributed by atoms with van der Waals surface area (Å²) in [6, 6.07) is 88.2. The van der Waals surface area contributed by atoms with Gasteiger partial charge >= 0.3 is 0 Å². The maximum Gasteiger partial charge on any atom is 0.0541 e. The van der Waals surface area contributed by atoms with E-state index >= 15 is 0 Å². The number of para-hydroxylation sites is 1. The van der Waals surface area contributed by atoms with Crippen molar-refractivity contribution in [1.29, 1.82) is 0 Å². The van der Waals surface area contributed by atoms with E-state index in [0.29, 0.717) is 0 Å². The zero-order chi connectivity index (χ0) is 41.7. The zero-order valence-electron chi connectivity index (χ0n) is 34.4. The molecule has 12 rings (SSSR count). The first-order valence-electron chi connectivity index (χ1n) is 21.5. The van der Waals surface area contributed by atoms with Crippen molar-refractivity contribution in [3.8, 4) is 50.2 Å². The fourth-order valence-corrected chi connectivity index (χ4v) is 10.6. The van der Waals surface area contributed by atoms with Gasteiger partial charge in [-0.15, -0.1) is 11.3 Å². The molecule has 0 atom stereocenters. The van der Waals surface area contributed by atoms with Gasteiger partial charge in [0.05, 0.1) is 11.0 Å². The molecule has 0 saturated carbocycles. The highest BCUT2D eigenvalue weighted by molar-refractivity contribution is 7.26. The van der Waals surface area contributed by atoms with E-state index in [2.05, 4.69) is 252 Å². The fraction of sp³-hybridized carbons (Fsp3) is 0. The second kappa shape index (κ2) is 15.5.